The Bertz CT molecular complexity index is 544. The van der Waals surface area contributed by atoms with Crippen LogP contribution in [0.3, 0.4) is 0 Å². The summed E-state index contributed by atoms with van der Waals surface area (Å²) in [6.07, 6.45) is 2.67. The molecule has 5 nitrogen and oxygen atoms in total. The molecule has 0 radical (unpaired) electrons. The molecule has 0 aromatic carbocycles. The molecule has 3 aliphatic heterocycles. The molecule has 132 valence electrons. The highest BCUT2D eigenvalue weighted by Gasteiger charge is 2.42. The maximum Gasteiger partial charge on any atom is 0.246 e. The van der Waals surface area contributed by atoms with E-state index >= 15 is 0 Å². The van der Waals surface area contributed by atoms with E-state index in [2.05, 4.69) is 22.4 Å². The highest BCUT2D eigenvalue weighted by molar-refractivity contribution is 7.09. The van der Waals surface area contributed by atoms with Crippen molar-refractivity contribution in [2.45, 2.75) is 25.8 Å². The predicted octanol–water partition coefficient (Wildman–Crippen LogP) is 2.39. The molecular weight excluding hydrogens is 324 g/mol. The molecule has 1 aromatic heterocycles. The zero-order chi connectivity index (χ0) is 16.4. The van der Waals surface area contributed by atoms with Crippen molar-refractivity contribution >= 4 is 17.2 Å². The van der Waals surface area contributed by atoms with Crippen molar-refractivity contribution in [2.75, 3.05) is 39.5 Å². The van der Waals surface area contributed by atoms with Crippen LogP contribution >= 0.6 is 11.3 Å². The van der Waals surface area contributed by atoms with E-state index in [-0.39, 0.29) is 5.91 Å². The molecule has 4 heterocycles. The van der Waals surface area contributed by atoms with E-state index in [1.807, 2.05) is 11.3 Å². The van der Waals surface area contributed by atoms with Crippen molar-refractivity contribution in [1.29, 1.82) is 0 Å². The molecule has 0 aliphatic carbocycles. The molecule has 24 heavy (non-hydrogen) atoms. The first-order valence-corrected chi connectivity index (χ1v) is 9.93. The molecule has 0 N–H and O–H groups in total. The van der Waals surface area contributed by atoms with Crippen molar-refractivity contribution in [1.82, 2.24) is 9.96 Å². The molecule has 1 aromatic rings. The number of hydrogen-bond donors (Lipinski definition) is 0. The maximum absolute atomic E-state index is 12.5. The third kappa shape index (κ3) is 3.67. The third-order valence-corrected chi connectivity index (χ3v) is 6.37. The maximum atomic E-state index is 12.5. The first kappa shape index (κ1) is 16.5. The summed E-state index contributed by atoms with van der Waals surface area (Å²) >= 11 is 1.82. The summed E-state index contributed by atoms with van der Waals surface area (Å²) < 4.78 is 5.83. The van der Waals surface area contributed by atoms with Crippen LogP contribution in [0.4, 0.5) is 0 Å². The molecule has 0 bridgehead atoms. The number of thiophene rings is 1. The molecular formula is C18H26N2O3S. The number of amides is 1. The molecule has 6 heteroatoms. The van der Waals surface area contributed by atoms with E-state index in [9.17, 15) is 4.79 Å². The minimum atomic E-state index is 0.139. The van der Waals surface area contributed by atoms with E-state index in [0.717, 1.165) is 45.6 Å². The number of hydrogen-bond acceptors (Lipinski definition) is 5. The van der Waals surface area contributed by atoms with Gasteiger partial charge in [0.15, 0.2) is 0 Å². The van der Waals surface area contributed by atoms with Crippen molar-refractivity contribution in [2.24, 2.45) is 17.8 Å². The standard InChI is InChI=1S/C18H26N2O3S/c21-18(20-5-1-2-6-23-20)8-14-12-22-13-15-9-19(11-17(14)15)10-16-4-3-7-24-16/h3-4,7,14-15,17H,1-2,5-6,8-13H2/t14-,15-,17+/m1/s1. The van der Waals surface area contributed by atoms with Crippen LogP contribution in [-0.2, 0) is 20.9 Å². The SMILES string of the molecule is O=C(C[C@@H]1COC[C@H]2CN(Cc3cccs3)C[C@@H]12)N1CCCCO1. The van der Waals surface area contributed by atoms with Gasteiger partial charge in [0.25, 0.3) is 0 Å². The lowest BCUT2D eigenvalue weighted by Crippen LogP contribution is -2.41. The molecule has 1 amide bonds. The first-order valence-electron chi connectivity index (χ1n) is 9.05. The van der Waals surface area contributed by atoms with Gasteiger partial charge in [0, 0.05) is 37.5 Å². The number of hydroxylamine groups is 2. The second kappa shape index (κ2) is 7.52. The fourth-order valence-corrected chi connectivity index (χ4v) is 5.02. The monoisotopic (exact) mass is 350 g/mol. The van der Waals surface area contributed by atoms with Gasteiger partial charge in [-0.2, -0.15) is 0 Å². The van der Waals surface area contributed by atoms with Crippen LogP contribution in [0, 0.1) is 17.8 Å². The molecule has 4 rings (SSSR count). The molecule has 0 saturated carbocycles. The van der Waals surface area contributed by atoms with Crippen molar-refractivity contribution in [3.05, 3.63) is 22.4 Å². The van der Waals surface area contributed by atoms with Gasteiger partial charge in [-0.1, -0.05) is 6.07 Å². The molecule has 3 atom stereocenters. The summed E-state index contributed by atoms with van der Waals surface area (Å²) in [6, 6.07) is 4.32. The molecule has 0 spiro atoms. The van der Waals surface area contributed by atoms with Gasteiger partial charge in [0.1, 0.15) is 0 Å². The average Bonchev–Trinajstić information content (AvgIpc) is 3.26. The summed E-state index contributed by atoms with van der Waals surface area (Å²) in [5.41, 5.74) is 0. The number of fused-ring (bicyclic) bond motifs is 1. The lowest BCUT2D eigenvalue weighted by molar-refractivity contribution is -0.199. The van der Waals surface area contributed by atoms with E-state index in [1.165, 1.54) is 4.88 Å². The fraction of sp³-hybridized carbons (Fsp3) is 0.722. The Morgan fingerprint density at radius 3 is 3.04 bits per heavy atom. The van der Waals surface area contributed by atoms with E-state index in [1.54, 1.807) is 5.06 Å². The Kier molecular flexibility index (Phi) is 5.17. The third-order valence-electron chi connectivity index (χ3n) is 5.51. The zero-order valence-electron chi connectivity index (χ0n) is 14.1. The molecule has 3 fully saturated rings. The Morgan fingerprint density at radius 1 is 1.29 bits per heavy atom. The number of likely N-dealkylation sites (tertiary alicyclic amines) is 1. The number of carbonyl (C=O) groups is 1. The highest BCUT2D eigenvalue weighted by atomic mass is 32.1. The predicted molar refractivity (Wildman–Crippen MR) is 92.4 cm³/mol. The summed E-state index contributed by atoms with van der Waals surface area (Å²) in [4.78, 5) is 22.0. The quantitative estimate of drug-likeness (QED) is 0.836. The minimum absolute atomic E-state index is 0.139. The van der Waals surface area contributed by atoms with Gasteiger partial charge >= 0.3 is 0 Å². The Labute approximate surface area is 147 Å². The van der Waals surface area contributed by atoms with Gasteiger partial charge in [-0.25, -0.2) is 5.06 Å². The summed E-state index contributed by atoms with van der Waals surface area (Å²) in [5, 5.41) is 3.73. The van der Waals surface area contributed by atoms with Gasteiger partial charge in [0.2, 0.25) is 5.91 Å². The number of nitrogens with zero attached hydrogens (tertiary/aromatic N) is 2. The van der Waals surface area contributed by atoms with Crippen molar-refractivity contribution in [3.63, 3.8) is 0 Å². The van der Waals surface area contributed by atoms with Gasteiger partial charge in [-0.15, -0.1) is 11.3 Å². The summed E-state index contributed by atoms with van der Waals surface area (Å²) in [5.74, 6) is 1.61. The van der Waals surface area contributed by atoms with Gasteiger partial charge in [0.05, 0.1) is 19.8 Å². The van der Waals surface area contributed by atoms with Crippen LogP contribution in [0.5, 0.6) is 0 Å². The average molecular weight is 350 g/mol. The minimum Gasteiger partial charge on any atom is -0.381 e. The highest BCUT2D eigenvalue weighted by Crippen LogP contribution is 2.37. The van der Waals surface area contributed by atoms with Crippen LogP contribution in [0.2, 0.25) is 0 Å². The zero-order valence-corrected chi connectivity index (χ0v) is 14.9. The van der Waals surface area contributed by atoms with Crippen LogP contribution in [-0.4, -0.2) is 55.3 Å². The molecule has 3 saturated heterocycles. The van der Waals surface area contributed by atoms with Crippen LogP contribution in [0.25, 0.3) is 0 Å². The van der Waals surface area contributed by atoms with Gasteiger partial charge < -0.3 is 4.74 Å². The summed E-state index contributed by atoms with van der Waals surface area (Å²) in [7, 11) is 0. The normalized spacial score (nSPS) is 31.2. The molecule has 0 unspecified atom stereocenters. The second-order valence-electron chi connectivity index (χ2n) is 7.24. The van der Waals surface area contributed by atoms with E-state index in [4.69, 9.17) is 9.57 Å². The molecule has 3 aliphatic rings. The van der Waals surface area contributed by atoms with Crippen LogP contribution in [0.1, 0.15) is 24.1 Å². The number of ether oxygens (including phenoxy) is 1. The van der Waals surface area contributed by atoms with Crippen LogP contribution < -0.4 is 0 Å². The smallest absolute Gasteiger partial charge is 0.246 e. The summed E-state index contributed by atoms with van der Waals surface area (Å²) in [6.45, 7) is 6.18. The van der Waals surface area contributed by atoms with E-state index < -0.39 is 0 Å². The Hall–Kier alpha value is -0.950. The number of carbonyl (C=O) groups excluding carboxylic acids is 1. The van der Waals surface area contributed by atoms with Crippen molar-refractivity contribution in [3.8, 4) is 0 Å². The van der Waals surface area contributed by atoms with Crippen molar-refractivity contribution < 1.29 is 14.4 Å². The van der Waals surface area contributed by atoms with E-state index in [0.29, 0.717) is 37.4 Å². The van der Waals surface area contributed by atoms with Gasteiger partial charge in [-0.3, -0.25) is 14.5 Å². The first-order chi connectivity index (χ1) is 11.8. The second-order valence-corrected chi connectivity index (χ2v) is 8.27. The fourth-order valence-electron chi connectivity index (χ4n) is 4.28. The lowest BCUT2D eigenvalue weighted by atomic mass is 9.81. The van der Waals surface area contributed by atoms with Gasteiger partial charge in [-0.05, 0) is 42.0 Å². The van der Waals surface area contributed by atoms with Crippen LogP contribution in [0.15, 0.2) is 17.5 Å². The Morgan fingerprint density at radius 2 is 2.25 bits per heavy atom. The Balaban J connectivity index is 1.35. The lowest BCUT2D eigenvalue weighted by Gasteiger charge is -2.34. The largest absolute Gasteiger partial charge is 0.381 e. The topological polar surface area (TPSA) is 42.0 Å². The number of rotatable bonds is 4.